The molecule has 28 heavy (non-hydrogen) atoms. The third-order valence-corrected chi connectivity index (χ3v) is 7.71. The normalized spacial score (nSPS) is 18.7. The molecular formula is C19H25ClN4O3S. The van der Waals surface area contributed by atoms with Crippen LogP contribution in [-0.4, -0.2) is 46.7 Å². The molecule has 0 spiro atoms. The number of aromatic nitrogens is 2. The summed E-state index contributed by atoms with van der Waals surface area (Å²) in [6, 6.07) is 7.21. The molecule has 1 fully saturated rings. The van der Waals surface area contributed by atoms with Gasteiger partial charge >= 0.3 is 0 Å². The lowest BCUT2D eigenvalue weighted by molar-refractivity contribution is 0.0679. The Morgan fingerprint density at radius 2 is 2.04 bits per heavy atom. The van der Waals surface area contributed by atoms with Gasteiger partial charge in [-0.2, -0.15) is 5.48 Å². The van der Waals surface area contributed by atoms with Crippen LogP contribution in [-0.2, 0) is 15.6 Å². The van der Waals surface area contributed by atoms with Crippen LogP contribution in [0.1, 0.15) is 43.4 Å². The van der Waals surface area contributed by atoms with E-state index in [1.807, 2.05) is 19.1 Å². The van der Waals surface area contributed by atoms with Crippen molar-refractivity contribution in [1.29, 1.82) is 0 Å². The lowest BCUT2D eigenvalue weighted by atomic mass is 9.91. The van der Waals surface area contributed by atoms with Crippen LogP contribution < -0.4 is 5.48 Å². The summed E-state index contributed by atoms with van der Waals surface area (Å²) < 4.78 is 27.7. The van der Waals surface area contributed by atoms with Gasteiger partial charge in [0.1, 0.15) is 0 Å². The molecule has 2 N–H and O–H groups in total. The molecule has 1 atom stereocenters. The van der Waals surface area contributed by atoms with Crippen molar-refractivity contribution in [3.05, 3.63) is 59.1 Å². The Labute approximate surface area is 170 Å². The van der Waals surface area contributed by atoms with Gasteiger partial charge in [-0.1, -0.05) is 24.6 Å². The van der Waals surface area contributed by atoms with Crippen LogP contribution in [0.3, 0.4) is 0 Å². The molecule has 0 saturated carbocycles. The lowest BCUT2D eigenvalue weighted by Crippen LogP contribution is -2.50. The number of halogens is 1. The number of hydroxylamine groups is 1. The lowest BCUT2D eigenvalue weighted by Gasteiger charge is -2.36. The van der Waals surface area contributed by atoms with Crippen molar-refractivity contribution in [2.24, 2.45) is 0 Å². The monoisotopic (exact) mass is 424 g/mol. The van der Waals surface area contributed by atoms with Gasteiger partial charge in [-0.3, -0.25) is 9.97 Å². The number of hydrogen-bond acceptors (Lipinski definition) is 6. The highest BCUT2D eigenvalue weighted by molar-refractivity contribution is 7.89. The highest BCUT2D eigenvalue weighted by Gasteiger charge is 2.39. The van der Waals surface area contributed by atoms with Gasteiger partial charge in [-0.15, -0.1) is 0 Å². The minimum Gasteiger partial charge on any atom is -0.316 e. The Balaban J connectivity index is 1.72. The molecular weight excluding hydrogens is 400 g/mol. The van der Waals surface area contributed by atoms with E-state index in [2.05, 4.69) is 15.4 Å². The summed E-state index contributed by atoms with van der Waals surface area (Å²) in [5.41, 5.74) is 2.74. The van der Waals surface area contributed by atoms with Crippen molar-refractivity contribution in [2.45, 2.75) is 37.6 Å². The largest absolute Gasteiger partial charge is 0.316 e. The number of nitrogens with one attached hydrogen (secondary N) is 1. The summed E-state index contributed by atoms with van der Waals surface area (Å²) in [6.07, 6.45) is 6.63. The van der Waals surface area contributed by atoms with E-state index in [4.69, 9.17) is 11.6 Å². The summed E-state index contributed by atoms with van der Waals surface area (Å²) >= 11 is 5.89. The van der Waals surface area contributed by atoms with Gasteiger partial charge < -0.3 is 5.21 Å². The highest BCUT2D eigenvalue weighted by Crippen LogP contribution is 2.31. The third-order valence-electron chi connectivity index (χ3n) is 5.48. The Hall–Kier alpha value is -1.58. The number of sulfonamides is 1. The molecule has 2 aromatic heterocycles. The maximum absolute atomic E-state index is 13.1. The second kappa shape index (κ2) is 8.84. The number of hydrogen-bond donors (Lipinski definition) is 2. The summed E-state index contributed by atoms with van der Waals surface area (Å²) in [5, 5.41) is 10.4. The van der Waals surface area contributed by atoms with Crippen LogP contribution in [0, 0.1) is 0 Å². The molecule has 0 aromatic carbocycles. The van der Waals surface area contributed by atoms with Crippen LogP contribution in [0.4, 0.5) is 0 Å². The molecule has 1 aliphatic rings. The quantitative estimate of drug-likeness (QED) is 0.663. The molecule has 2 aromatic rings. The molecule has 3 rings (SSSR count). The molecule has 0 amide bonds. The van der Waals surface area contributed by atoms with E-state index in [0.717, 1.165) is 5.69 Å². The van der Waals surface area contributed by atoms with Gasteiger partial charge in [0.05, 0.1) is 16.3 Å². The van der Waals surface area contributed by atoms with Gasteiger partial charge in [0.25, 0.3) is 0 Å². The molecule has 152 valence electrons. The number of nitrogens with zero attached hydrogens (tertiary/aromatic N) is 3. The number of pyridine rings is 2. The average Bonchev–Trinajstić information content (AvgIpc) is 2.73. The van der Waals surface area contributed by atoms with E-state index < -0.39 is 15.6 Å². The molecule has 1 saturated heterocycles. The Morgan fingerprint density at radius 3 is 2.57 bits per heavy atom. The van der Waals surface area contributed by atoms with Crippen molar-refractivity contribution in [1.82, 2.24) is 19.8 Å². The van der Waals surface area contributed by atoms with Gasteiger partial charge in [-0.25, -0.2) is 12.7 Å². The first kappa shape index (κ1) is 21.1. The summed E-state index contributed by atoms with van der Waals surface area (Å²) in [4.78, 5) is 8.43. The second-order valence-corrected chi connectivity index (χ2v) is 9.53. The van der Waals surface area contributed by atoms with Crippen molar-refractivity contribution in [3.63, 3.8) is 0 Å². The SMILES string of the molecule is CCC(CS(=O)(=O)N1CCC(c2ccc(Cl)cn2)CC1)(NO)c1cccnc1. The molecule has 7 nitrogen and oxygen atoms in total. The molecule has 0 bridgehead atoms. The molecule has 0 aliphatic carbocycles. The van der Waals surface area contributed by atoms with Crippen LogP contribution in [0.2, 0.25) is 5.02 Å². The van der Waals surface area contributed by atoms with E-state index in [0.29, 0.717) is 42.9 Å². The minimum atomic E-state index is -3.58. The molecule has 0 radical (unpaired) electrons. The third kappa shape index (κ3) is 4.52. The maximum atomic E-state index is 13.1. The fraction of sp³-hybridized carbons (Fsp3) is 0.474. The van der Waals surface area contributed by atoms with Crippen molar-refractivity contribution in [2.75, 3.05) is 18.8 Å². The molecule has 1 aliphatic heterocycles. The van der Waals surface area contributed by atoms with Crippen molar-refractivity contribution >= 4 is 21.6 Å². The molecule has 9 heteroatoms. The van der Waals surface area contributed by atoms with Crippen LogP contribution in [0.25, 0.3) is 0 Å². The van der Waals surface area contributed by atoms with Gasteiger partial charge in [0.15, 0.2) is 0 Å². The standard InChI is InChI=1S/C19H25ClN4O3S/c1-2-19(23-25,16-4-3-9-21-12-16)14-28(26,27)24-10-7-15(8-11-24)18-6-5-17(20)13-22-18/h3-6,9,12-13,15,23,25H,2,7-8,10-11,14H2,1H3. The maximum Gasteiger partial charge on any atom is 0.216 e. The number of piperidine rings is 1. The predicted molar refractivity (Wildman–Crippen MR) is 108 cm³/mol. The predicted octanol–water partition coefficient (Wildman–Crippen LogP) is 2.92. The zero-order valence-corrected chi connectivity index (χ0v) is 17.3. The molecule has 1 unspecified atom stereocenters. The van der Waals surface area contributed by atoms with Gasteiger partial charge in [0.2, 0.25) is 10.0 Å². The van der Waals surface area contributed by atoms with E-state index >= 15 is 0 Å². The Kier molecular flexibility index (Phi) is 6.67. The first-order chi connectivity index (χ1) is 13.4. The first-order valence-corrected chi connectivity index (χ1v) is 11.3. The zero-order valence-electron chi connectivity index (χ0n) is 15.8. The summed E-state index contributed by atoms with van der Waals surface area (Å²) in [6.45, 7) is 2.69. The van der Waals surface area contributed by atoms with E-state index in [1.54, 1.807) is 30.7 Å². The summed E-state index contributed by atoms with van der Waals surface area (Å²) in [5.74, 6) is -0.0170. The van der Waals surface area contributed by atoms with E-state index in [1.165, 1.54) is 4.31 Å². The zero-order chi connectivity index (χ0) is 20.2. The van der Waals surface area contributed by atoms with Crippen LogP contribution >= 0.6 is 11.6 Å². The molecule has 3 heterocycles. The second-order valence-electron chi connectivity index (χ2n) is 7.12. The fourth-order valence-electron chi connectivity index (χ4n) is 3.67. The van der Waals surface area contributed by atoms with E-state index in [9.17, 15) is 13.6 Å². The van der Waals surface area contributed by atoms with Gasteiger partial charge in [0, 0.05) is 43.3 Å². The van der Waals surface area contributed by atoms with Crippen LogP contribution in [0.15, 0.2) is 42.9 Å². The Morgan fingerprint density at radius 1 is 1.29 bits per heavy atom. The van der Waals surface area contributed by atoms with Crippen molar-refractivity contribution < 1.29 is 13.6 Å². The topological polar surface area (TPSA) is 95.4 Å². The van der Waals surface area contributed by atoms with Gasteiger partial charge in [-0.05, 0) is 43.0 Å². The summed E-state index contributed by atoms with van der Waals surface area (Å²) in [7, 11) is -3.58. The number of rotatable bonds is 7. The van der Waals surface area contributed by atoms with E-state index in [-0.39, 0.29) is 11.7 Å². The Bertz CT molecular complexity index is 866. The van der Waals surface area contributed by atoms with Crippen molar-refractivity contribution in [3.8, 4) is 0 Å². The minimum absolute atomic E-state index is 0.217. The first-order valence-electron chi connectivity index (χ1n) is 9.31. The average molecular weight is 425 g/mol. The van der Waals surface area contributed by atoms with Crippen LogP contribution in [0.5, 0.6) is 0 Å². The fourth-order valence-corrected chi connectivity index (χ4v) is 5.79. The smallest absolute Gasteiger partial charge is 0.216 e. The highest BCUT2D eigenvalue weighted by atomic mass is 35.5.